The zero-order valence-corrected chi connectivity index (χ0v) is 8.73. The molecule has 0 bridgehead atoms. The number of nitrogens with zero attached hydrogens (tertiary/aromatic N) is 2. The zero-order valence-electron chi connectivity index (χ0n) is 8.73. The van der Waals surface area contributed by atoms with Crippen LogP contribution in [0.4, 0.5) is 0 Å². The Hall–Kier alpha value is -1.91. The predicted molar refractivity (Wildman–Crippen MR) is 56.2 cm³/mol. The van der Waals surface area contributed by atoms with Crippen molar-refractivity contribution in [3.05, 3.63) is 24.3 Å². The summed E-state index contributed by atoms with van der Waals surface area (Å²) >= 11 is 0. The summed E-state index contributed by atoms with van der Waals surface area (Å²) in [5.41, 5.74) is 1.83. The molecule has 5 nitrogen and oxygen atoms in total. The predicted octanol–water partition coefficient (Wildman–Crippen LogP) is 1.53. The molecule has 2 aromatic rings. The van der Waals surface area contributed by atoms with E-state index in [0.717, 1.165) is 11.0 Å². The van der Waals surface area contributed by atoms with E-state index in [4.69, 9.17) is 0 Å². The maximum absolute atomic E-state index is 9.82. The topological polar surface area (TPSA) is 67.9 Å². The van der Waals surface area contributed by atoms with Gasteiger partial charge in [-0.3, -0.25) is 4.79 Å². The minimum atomic E-state index is -0.211. The van der Waals surface area contributed by atoms with Crippen molar-refractivity contribution in [1.29, 1.82) is 0 Å². The lowest BCUT2D eigenvalue weighted by atomic mass is 10.3. The van der Waals surface area contributed by atoms with E-state index < -0.39 is 0 Å². The van der Waals surface area contributed by atoms with E-state index in [1.165, 1.54) is 6.92 Å². The van der Waals surface area contributed by atoms with Gasteiger partial charge in [-0.2, -0.15) is 15.4 Å². The van der Waals surface area contributed by atoms with Crippen LogP contribution >= 0.6 is 0 Å². The fourth-order valence-electron chi connectivity index (χ4n) is 0.989. The highest BCUT2D eigenvalue weighted by Crippen LogP contribution is 2.03. The number of para-hydroxylation sites is 2. The molecule has 0 aliphatic heterocycles. The summed E-state index contributed by atoms with van der Waals surface area (Å²) in [7, 11) is 0. The molecule has 1 aromatic heterocycles. The zero-order chi connectivity index (χ0) is 11.1. The first kappa shape index (κ1) is 11.2. The molecule has 0 saturated heterocycles. The largest absolute Gasteiger partial charge is 0.466 e. The number of aromatic nitrogens is 3. The lowest BCUT2D eigenvalue weighted by Gasteiger charge is -1.89. The molecule has 0 unspecified atom stereocenters. The Labute approximate surface area is 87.4 Å². The summed E-state index contributed by atoms with van der Waals surface area (Å²) in [5.74, 6) is -0.211. The van der Waals surface area contributed by atoms with Crippen molar-refractivity contribution in [1.82, 2.24) is 15.4 Å². The van der Waals surface area contributed by atoms with Gasteiger partial charge in [-0.1, -0.05) is 12.1 Å². The first-order valence-electron chi connectivity index (χ1n) is 4.63. The third kappa shape index (κ3) is 3.76. The average molecular weight is 207 g/mol. The number of hydrogen-bond donors (Lipinski definition) is 1. The van der Waals surface area contributed by atoms with Crippen LogP contribution < -0.4 is 0 Å². The molecule has 0 saturated carbocycles. The maximum Gasteiger partial charge on any atom is 0.302 e. The fourth-order valence-corrected chi connectivity index (χ4v) is 0.989. The molecule has 1 N–H and O–H groups in total. The molecule has 0 fully saturated rings. The van der Waals surface area contributed by atoms with Gasteiger partial charge in [0, 0.05) is 6.92 Å². The summed E-state index contributed by atoms with van der Waals surface area (Å²) in [6.45, 7) is 3.65. The number of carbonyl (C=O) groups is 1. The second-order valence-electron chi connectivity index (χ2n) is 2.74. The summed E-state index contributed by atoms with van der Waals surface area (Å²) in [6, 6.07) is 7.70. The number of hydrogen-bond acceptors (Lipinski definition) is 4. The number of carbonyl (C=O) groups excluding carboxylic acids is 1. The third-order valence-corrected chi connectivity index (χ3v) is 1.57. The molecular formula is C10H13N3O2. The van der Waals surface area contributed by atoms with E-state index in [1.807, 2.05) is 24.3 Å². The summed E-state index contributed by atoms with van der Waals surface area (Å²) < 4.78 is 4.40. The summed E-state index contributed by atoms with van der Waals surface area (Å²) in [5, 5.41) is 10.3. The number of aromatic amines is 1. The molecule has 0 aliphatic carbocycles. The van der Waals surface area contributed by atoms with E-state index in [9.17, 15) is 4.79 Å². The molecule has 0 aliphatic rings. The van der Waals surface area contributed by atoms with E-state index in [2.05, 4.69) is 20.1 Å². The summed E-state index contributed by atoms with van der Waals surface area (Å²) in [6.07, 6.45) is 0. The van der Waals surface area contributed by atoms with Crippen molar-refractivity contribution in [2.75, 3.05) is 6.61 Å². The van der Waals surface area contributed by atoms with Crippen LogP contribution in [0.15, 0.2) is 24.3 Å². The average Bonchev–Trinajstić information content (AvgIpc) is 2.65. The smallest absolute Gasteiger partial charge is 0.302 e. The van der Waals surface area contributed by atoms with Gasteiger partial charge in [0.1, 0.15) is 11.0 Å². The van der Waals surface area contributed by atoms with Gasteiger partial charge < -0.3 is 4.74 Å². The molecule has 0 amide bonds. The molecule has 1 heterocycles. The van der Waals surface area contributed by atoms with Crippen LogP contribution in [0.5, 0.6) is 0 Å². The van der Waals surface area contributed by atoms with Gasteiger partial charge in [-0.05, 0) is 19.1 Å². The van der Waals surface area contributed by atoms with E-state index in [-0.39, 0.29) is 5.97 Å². The van der Waals surface area contributed by atoms with E-state index >= 15 is 0 Å². The van der Waals surface area contributed by atoms with Gasteiger partial charge in [0.2, 0.25) is 0 Å². The van der Waals surface area contributed by atoms with Crippen molar-refractivity contribution in [2.24, 2.45) is 0 Å². The normalized spacial score (nSPS) is 9.20. The lowest BCUT2D eigenvalue weighted by molar-refractivity contribution is -0.140. The van der Waals surface area contributed by atoms with E-state index in [1.54, 1.807) is 6.92 Å². The first-order chi connectivity index (χ1) is 7.24. The van der Waals surface area contributed by atoms with Gasteiger partial charge in [-0.15, -0.1) is 0 Å². The summed E-state index contributed by atoms with van der Waals surface area (Å²) in [4.78, 5) is 9.82. The Bertz CT molecular complexity index is 395. The maximum atomic E-state index is 9.82. The van der Waals surface area contributed by atoms with Gasteiger partial charge in [0.15, 0.2) is 0 Å². The number of esters is 1. The Balaban J connectivity index is 0.000000167. The van der Waals surface area contributed by atoms with Crippen LogP contribution in [-0.4, -0.2) is 28.0 Å². The molecule has 0 atom stereocenters. The number of nitrogens with one attached hydrogen (secondary N) is 1. The highest BCUT2D eigenvalue weighted by Gasteiger charge is 1.90. The SMILES string of the molecule is CCOC(C)=O.c1ccc2n[nH]nc2c1. The molecule has 1 aromatic carbocycles. The monoisotopic (exact) mass is 207 g/mol. The van der Waals surface area contributed by atoms with Crippen molar-refractivity contribution < 1.29 is 9.53 Å². The van der Waals surface area contributed by atoms with Crippen molar-refractivity contribution in [3.8, 4) is 0 Å². The van der Waals surface area contributed by atoms with Crippen LogP contribution in [0.3, 0.4) is 0 Å². The van der Waals surface area contributed by atoms with Gasteiger partial charge >= 0.3 is 5.97 Å². The minimum Gasteiger partial charge on any atom is -0.466 e. The number of benzene rings is 1. The molecule has 5 heteroatoms. The van der Waals surface area contributed by atoms with Crippen LogP contribution in [0.1, 0.15) is 13.8 Å². The second-order valence-corrected chi connectivity index (χ2v) is 2.74. The van der Waals surface area contributed by atoms with Crippen LogP contribution in [0, 0.1) is 0 Å². The quantitative estimate of drug-likeness (QED) is 0.720. The minimum absolute atomic E-state index is 0.211. The van der Waals surface area contributed by atoms with Gasteiger partial charge in [0.25, 0.3) is 0 Å². The standard InChI is InChI=1S/C6H5N3.C4H8O2/c1-2-4-6-5(3-1)7-9-8-6;1-3-6-4(2)5/h1-4H,(H,7,8,9);3H2,1-2H3. The molecular weight excluding hydrogens is 194 g/mol. The van der Waals surface area contributed by atoms with Gasteiger partial charge in [0.05, 0.1) is 6.61 Å². The molecule has 0 radical (unpaired) electrons. The van der Waals surface area contributed by atoms with Crippen molar-refractivity contribution in [3.63, 3.8) is 0 Å². The van der Waals surface area contributed by atoms with Gasteiger partial charge in [-0.25, -0.2) is 0 Å². The number of fused-ring (bicyclic) bond motifs is 1. The van der Waals surface area contributed by atoms with Crippen LogP contribution in [0.25, 0.3) is 11.0 Å². The van der Waals surface area contributed by atoms with Crippen molar-refractivity contribution in [2.45, 2.75) is 13.8 Å². The fraction of sp³-hybridized carbons (Fsp3) is 0.300. The Morgan fingerprint density at radius 1 is 1.33 bits per heavy atom. The van der Waals surface area contributed by atoms with Crippen molar-refractivity contribution >= 4 is 17.0 Å². The molecule has 0 spiro atoms. The highest BCUT2D eigenvalue weighted by molar-refractivity contribution is 5.72. The molecule has 80 valence electrons. The highest BCUT2D eigenvalue weighted by atomic mass is 16.5. The Kier molecular flexibility index (Phi) is 4.28. The second kappa shape index (κ2) is 5.74. The van der Waals surface area contributed by atoms with E-state index in [0.29, 0.717) is 6.61 Å². The van der Waals surface area contributed by atoms with Crippen LogP contribution in [-0.2, 0) is 9.53 Å². The molecule has 15 heavy (non-hydrogen) atoms. The number of H-pyrrole nitrogens is 1. The Morgan fingerprint density at radius 2 is 1.87 bits per heavy atom. The van der Waals surface area contributed by atoms with Crippen LogP contribution in [0.2, 0.25) is 0 Å². The lowest BCUT2D eigenvalue weighted by Crippen LogP contribution is -1.95. The third-order valence-electron chi connectivity index (χ3n) is 1.57. The molecule has 2 rings (SSSR count). The Morgan fingerprint density at radius 3 is 2.20 bits per heavy atom. The number of rotatable bonds is 1. The number of ether oxygens (including phenoxy) is 1. The first-order valence-corrected chi connectivity index (χ1v) is 4.63.